The summed E-state index contributed by atoms with van der Waals surface area (Å²) in [4.78, 5) is 0. The second kappa shape index (κ2) is 8.13. The summed E-state index contributed by atoms with van der Waals surface area (Å²) in [7, 11) is 0. The highest BCUT2D eigenvalue weighted by atomic mass is 16.5. The first-order valence-electron chi connectivity index (χ1n) is 7.39. The first-order valence-corrected chi connectivity index (χ1v) is 7.39. The Labute approximate surface area is 116 Å². The minimum Gasteiger partial charge on any atom is -0.377 e. The Balaban J connectivity index is 1.67. The van der Waals surface area contributed by atoms with Crippen LogP contribution in [0.25, 0.3) is 6.08 Å². The normalized spacial score (nSPS) is 23.8. The number of rotatable bonds is 6. The van der Waals surface area contributed by atoms with Crippen LogP contribution in [-0.2, 0) is 4.74 Å². The molecule has 0 aromatic heterocycles. The number of benzene rings is 1. The lowest BCUT2D eigenvalue weighted by Gasteiger charge is -2.30. The van der Waals surface area contributed by atoms with Gasteiger partial charge in [-0.2, -0.15) is 0 Å². The van der Waals surface area contributed by atoms with Crippen molar-refractivity contribution in [3.05, 3.63) is 42.0 Å². The first kappa shape index (κ1) is 14.3. The topological polar surface area (TPSA) is 35.2 Å². The minimum atomic E-state index is 0.670. The molecule has 0 bridgehead atoms. The molecule has 1 aliphatic carbocycles. The maximum atomic E-state index is 5.83. The van der Waals surface area contributed by atoms with Gasteiger partial charge in [-0.3, -0.25) is 0 Å². The fourth-order valence-electron chi connectivity index (χ4n) is 2.85. The van der Waals surface area contributed by atoms with E-state index in [0.29, 0.717) is 18.4 Å². The van der Waals surface area contributed by atoms with E-state index in [9.17, 15) is 0 Å². The molecule has 104 valence electrons. The fraction of sp³-hybridized carbons (Fsp3) is 0.529. The molecule has 0 aliphatic heterocycles. The molecule has 2 rings (SSSR count). The monoisotopic (exact) mass is 259 g/mol. The van der Waals surface area contributed by atoms with Gasteiger partial charge < -0.3 is 10.5 Å². The zero-order chi connectivity index (χ0) is 13.3. The van der Waals surface area contributed by atoms with Crippen LogP contribution < -0.4 is 5.73 Å². The van der Waals surface area contributed by atoms with Gasteiger partial charge in [-0.25, -0.2) is 0 Å². The van der Waals surface area contributed by atoms with Crippen LogP contribution in [0.2, 0.25) is 0 Å². The number of ether oxygens (including phenoxy) is 1. The predicted molar refractivity (Wildman–Crippen MR) is 80.8 cm³/mol. The molecule has 1 fully saturated rings. The Morgan fingerprint density at radius 1 is 1.11 bits per heavy atom. The van der Waals surface area contributed by atoms with E-state index in [2.05, 4.69) is 36.4 Å². The molecule has 2 heteroatoms. The van der Waals surface area contributed by atoms with Crippen molar-refractivity contribution < 1.29 is 4.74 Å². The molecule has 2 N–H and O–H groups in total. The Kier molecular flexibility index (Phi) is 6.12. The third-order valence-electron chi connectivity index (χ3n) is 4.03. The maximum Gasteiger partial charge on any atom is 0.0650 e. The van der Waals surface area contributed by atoms with Crippen LogP contribution in [0.3, 0.4) is 0 Å². The van der Waals surface area contributed by atoms with Gasteiger partial charge in [0.05, 0.1) is 13.2 Å². The van der Waals surface area contributed by atoms with Gasteiger partial charge in [-0.05, 0) is 36.8 Å². The van der Waals surface area contributed by atoms with Crippen molar-refractivity contribution in [2.24, 2.45) is 17.6 Å². The average molecular weight is 259 g/mol. The van der Waals surface area contributed by atoms with Crippen LogP contribution in [-0.4, -0.2) is 19.8 Å². The van der Waals surface area contributed by atoms with Crippen LogP contribution in [0.5, 0.6) is 0 Å². The molecule has 0 heterocycles. The molecule has 0 radical (unpaired) electrons. The molecule has 2 atom stereocenters. The van der Waals surface area contributed by atoms with E-state index in [1.807, 2.05) is 6.07 Å². The van der Waals surface area contributed by atoms with Gasteiger partial charge in [-0.15, -0.1) is 0 Å². The molecular weight excluding hydrogens is 234 g/mol. The fourth-order valence-corrected chi connectivity index (χ4v) is 2.85. The van der Waals surface area contributed by atoms with E-state index in [1.165, 1.54) is 31.2 Å². The average Bonchev–Trinajstić information content (AvgIpc) is 2.48. The van der Waals surface area contributed by atoms with E-state index >= 15 is 0 Å². The summed E-state index contributed by atoms with van der Waals surface area (Å²) in [6.07, 6.45) is 9.45. The minimum absolute atomic E-state index is 0.670. The molecule has 1 aromatic rings. The number of hydrogen-bond donors (Lipinski definition) is 1. The lowest BCUT2D eigenvalue weighted by molar-refractivity contribution is 0.0773. The van der Waals surface area contributed by atoms with Gasteiger partial charge >= 0.3 is 0 Å². The molecular formula is C17H25NO. The largest absolute Gasteiger partial charge is 0.377 e. The Morgan fingerprint density at radius 3 is 2.58 bits per heavy atom. The van der Waals surface area contributed by atoms with Crippen molar-refractivity contribution in [1.82, 2.24) is 0 Å². The molecule has 1 aliphatic rings. The quantitative estimate of drug-likeness (QED) is 0.794. The van der Waals surface area contributed by atoms with Crippen molar-refractivity contribution in [1.29, 1.82) is 0 Å². The summed E-state index contributed by atoms with van der Waals surface area (Å²) in [5.74, 6) is 1.34. The van der Waals surface area contributed by atoms with Crippen LogP contribution in [0.15, 0.2) is 36.4 Å². The molecule has 0 saturated heterocycles. The van der Waals surface area contributed by atoms with Crippen LogP contribution in [0, 0.1) is 11.8 Å². The third-order valence-corrected chi connectivity index (χ3v) is 4.03. The van der Waals surface area contributed by atoms with Gasteiger partial charge in [0.1, 0.15) is 0 Å². The zero-order valence-electron chi connectivity index (χ0n) is 11.6. The molecule has 2 nitrogen and oxygen atoms in total. The van der Waals surface area contributed by atoms with E-state index in [4.69, 9.17) is 10.5 Å². The molecule has 0 spiro atoms. The maximum absolute atomic E-state index is 5.83. The van der Waals surface area contributed by atoms with Gasteiger partial charge in [-0.1, -0.05) is 55.3 Å². The van der Waals surface area contributed by atoms with E-state index < -0.39 is 0 Å². The summed E-state index contributed by atoms with van der Waals surface area (Å²) >= 11 is 0. The van der Waals surface area contributed by atoms with Crippen LogP contribution in [0.4, 0.5) is 0 Å². The van der Waals surface area contributed by atoms with E-state index in [-0.39, 0.29) is 0 Å². The summed E-state index contributed by atoms with van der Waals surface area (Å²) in [5, 5.41) is 0. The Morgan fingerprint density at radius 2 is 1.84 bits per heavy atom. The third kappa shape index (κ3) is 4.81. The van der Waals surface area contributed by atoms with Gasteiger partial charge in [0, 0.05) is 0 Å². The first-order chi connectivity index (χ1) is 9.40. The summed E-state index contributed by atoms with van der Waals surface area (Å²) in [5.41, 5.74) is 7.06. The highest BCUT2D eigenvalue weighted by Crippen LogP contribution is 2.29. The molecule has 1 aromatic carbocycles. The second-order valence-electron chi connectivity index (χ2n) is 5.39. The van der Waals surface area contributed by atoms with E-state index in [1.54, 1.807) is 0 Å². The van der Waals surface area contributed by atoms with Gasteiger partial charge in [0.15, 0.2) is 0 Å². The molecule has 2 unspecified atom stereocenters. The second-order valence-corrected chi connectivity index (χ2v) is 5.39. The van der Waals surface area contributed by atoms with E-state index in [0.717, 1.165) is 13.2 Å². The summed E-state index contributed by atoms with van der Waals surface area (Å²) in [6.45, 7) is 2.37. The number of hydrogen-bond acceptors (Lipinski definition) is 2. The van der Waals surface area contributed by atoms with Crippen LogP contribution >= 0.6 is 0 Å². The molecule has 19 heavy (non-hydrogen) atoms. The highest BCUT2D eigenvalue weighted by Gasteiger charge is 2.23. The van der Waals surface area contributed by atoms with Crippen molar-refractivity contribution in [2.45, 2.75) is 25.7 Å². The Bertz CT molecular complexity index is 374. The van der Waals surface area contributed by atoms with Gasteiger partial charge in [0.25, 0.3) is 0 Å². The van der Waals surface area contributed by atoms with Crippen molar-refractivity contribution in [3.8, 4) is 0 Å². The number of nitrogens with two attached hydrogens (primary N) is 1. The SMILES string of the molecule is NCC1CCCCC1COCC=Cc1ccccc1. The van der Waals surface area contributed by atoms with Crippen molar-refractivity contribution >= 4 is 6.08 Å². The summed E-state index contributed by atoms with van der Waals surface area (Å²) < 4.78 is 5.78. The molecule has 1 saturated carbocycles. The molecule has 0 amide bonds. The van der Waals surface area contributed by atoms with Crippen molar-refractivity contribution in [2.75, 3.05) is 19.8 Å². The van der Waals surface area contributed by atoms with Crippen LogP contribution in [0.1, 0.15) is 31.2 Å². The lowest BCUT2D eigenvalue weighted by atomic mass is 9.80. The van der Waals surface area contributed by atoms with Crippen molar-refractivity contribution in [3.63, 3.8) is 0 Å². The standard InChI is InChI=1S/C17H25NO/c18-13-16-10-4-5-11-17(16)14-19-12-6-9-15-7-2-1-3-8-15/h1-3,6-9,16-17H,4-5,10-14,18H2. The highest BCUT2D eigenvalue weighted by molar-refractivity contribution is 5.48. The lowest BCUT2D eigenvalue weighted by Crippen LogP contribution is -2.29. The Hall–Kier alpha value is -1.12. The summed E-state index contributed by atoms with van der Waals surface area (Å²) in [6, 6.07) is 10.3. The smallest absolute Gasteiger partial charge is 0.0650 e. The van der Waals surface area contributed by atoms with Gasteiger partial charge in [0.2, 0.25) is 0 Å². The zero-order valence-corrected chi connectivity index (χ0v) is 11.6. The predicted octanol–water partition coefficient (Wildman–Crippen LogP) is 3.48.